The smallest absolute Gasteiger partial charge is 0.240 e. The number of ketones is 1. The zero-order valence-corrected chi connectivity index (χ0v) is 20.3. The number of Topliss-reactive ketones (excluding diaryl/α,β-unsaturated/α-hetero) is 1. The summed E-state index contributed by atoms with van der Waals surface area (Å²) in [6.45, 7) is 1.98. The maximum atomic E-state index is 14.0. The molecule has 8 heteroatoms. The Bertz CT molecular complexity index is 1200. The first-order chi connectivity index (χ1) is 15.9. The van der Waals surface area contributed by atoms with Crippen molar-refractivity contribution in [3.05, 3.63) is 79.1 Å². The number of hydrogen-bond acceptors (Lipinski definition) is 5. The van der Waals surface area contributed by atoms with Crippen molar-refractivity contribution in [1.29, 1.82) is 0 Å². The summed E-state index contributed by atoms with van der Waals surface area (Å²) in [5.41, 5.74) is 7.76. The number of carbonyl (C=O) groups is 3. The van der Waals surface area contributed by atoms with Crippen LogP contribution in [0.1, 0.15) is 50.5 Å². The van der Waals surface area contributed by atoms with Crippen LogP contribution in [0.2, 0.25) is 5.02 Å². The van der Waals surface area contributed by atoms with Gasteiger partial charge in [0.1, 0.15) is 6.04 Å². The van der Waals surface area contributed by atoms with Gasteiger partial charge in [-0.15, -0.1) is 22.7 Å². The van der Waals surface area contributed by atoms with Crippen LogP contribution >= 0.6 is 34.3 Å². The second-order valence-electron chi connectivity index (χ2n) is 8.72. The van der Waals surface area contributed by atoms with E-state index in [0.29, 0.717) is 9.90 Å². The molecule has 5 nitrogen and oxygen atoms in total. The molecule has 2 N–H and O–H groups in total. The lowest BCUT2D eigenvalue weighted by Gasteiger charge is -2.30. The van der Waals surface area contributed by atoms with Crippen molar-refractivity contribution in [3.8, 4) is 0 Å². The molecule has 2 aliphatic rings. The van der Waals surface area contributed by atoms with E-state index in [1.54, 1.807) is 23.1 Å². The van der Waals surface area contributed by atoms with Gasteiger partial charge >= 0.3 is 0 Å². The maximum absolute atomic E-state index is 14.0. The molecule has 0 spiro atoms. The Labute approximate surface area is 205 Å². The van der Waals surface area contributed by atoms with E-state index in [-0.39, 0.29) is 17.6 Å². The molecule has 3 heterocycles. The molecule has 1 saturated heterocycles. The zero-order valence-electron chi connectivity index (χ0n) is 17.9. The van der Waals surface area contributed by atoms with Gasteiger partial charge in [-0.3, -0.25) is 14.4 Å². The second kappa shape index (κ2) is 8.70. The summed E-state index contributed by atoms with van der Waals surface area (Å²) >= 11 is 9.03. The average Bonchev–Trinajstić information content (AvgIpc) is 3.19. The van der Waals surface area contributed by atoms with Crippen LogP contribution in [0.15, 0.2) is 53.2 Å². The molecule has 2 fully saturated rings. The zero-order chi connectivity index (χ0) is 23.3. The van der Waals surface area contributed by atoms with Crippen molar-refractivity contribution in [2.75, 3.05) is 0 Å². The average molecular weight is 499 g/mol. The number of thiophene rings is 2. The molecular weight excluding hydrogens is 476 g/mol. The molecule has 2 amide bonds. The van der Waals surface area contributed by atoms with Crippen LogP contribution in [-0.2, 0) is 9.59 Å². The minimum atomic E-state index is -0.917. The van der Waals surface area contributed by atoms with E-state index in [1.165, 1.54) is 22.7 Å². The van der Waals surface area contributed by atoms with Crippen LogP contribution in [-0.4, -0.2) is 28.5 Å². The number of aryl methyl sites for hydroxylation is 1. The number of benzene rings is 1. The van der Waals surface area contributed by atoms with Crippen LogP contribution in [0.4, 0.5) is 0 Å². The van der Waals surface area contributed by atoms with Gasteiger partial charge in [0.05, 0.1) is 16.8 Å². The first-order valence-corrected chi connectivity index (χ1v) is 13.0. The van der Waals surface area contributed by atoms with Gasteiger partial charge in [0.15, 0.2) is 5.78 Å². The van der Waals surface area contributed by atoms with Gasteiger partial charge in [-0.05, 0) is 65.9 Å². The lowest BCUT2D eigenvalue weighted by molar-refractivity contribution is -0.140. The van der Waals surface area contributed by atoms with Crippen molar-refractivity contribution < 1.29 is 14.4 Å². The van der Waals surface area contributed by atoms with Gasteiger partial charge in [0.25, 0.3) is 0 Å². The maximum Gasteiger partial charge on any atom is 0.240 e. The van der Waals surface area contributed by atoms with Gasteiger partial charge < -0.3 is 10.6 Å². The number of primary amides is 1. The Morgan fingerprint density at radius 3 is 2.30 bits per heavy atom. The minimum Gasteiger partial charge on any atom is -0.368 e. The highest BCUT2D eigenvalue weighted by Gasteiger charge is 2.59. The van der Waals surface area contributed by atoms with E-state index < -0.39 is 29.8 Å². The van der Waals surface area contributed by atoms with E-state index >= 15 is 0 Å². The van der Waals surface area contributed by atoms with Crippen LogP contribution in [0, 0.1) is 18.8 Å². The molecule has 1 saturated carbocycles. The summed E-state index contributed by atoms with van der Waals surface area (Å²) in [4.78, 5) is 43.8. The van der Waals surface area contributed by atoms with E-state index in [9.17, 15) is 14.4 Å². The molecule has 5 rings (SSSR count). The summed E-state index contributed by atoms with van der Waals surface area (Å²) < 4.78 is 0. The molecule has 3 aromatic rings. The predicted molar refractivity (Wildman–Crippen MR) is 131 cm³/mol. The molecule has 1 aliphatic carbocycles. The van der Waals surface area contributed by atoms with Gasteiger partial charge in [0, 0.05) is 21.7 Å². The SMILES string of the molecule is Cc1ccsc1C1C(C(=O)c2cccs2)C(c2ccc(Cl)cc2)C(C(N)=O)N1C(=O)C1CC1. The summed E-state index contributed by atoms with van der Waals surface area (Å²) in [5.74, 6) is -2.07. The van der Waals surface area contributed by atoms with Crippen LogP contribution in [0.25, 0.3) is 0 Å². The molecule has 2 aromatic heterocycles. The topological polar surface area (TPSA) is 80.5 Å². The number of amides is 2. The standard InChI is InChI=1S/C25H23ClN2O3S2/c1-13-10-12-33-23(13)20-19(22(29)17-3-2-11-32-17)18(14-6-8-16(26)9-7-14)21(24(27)30)28(20)25(31)15-4-5-15/h2-3,6-12,15,18-21H,4-5H2,1H3,(H2,27,30). The lowest BCUT2D eigenvalue weighted by Crippen LogP contribution is -2.47. The Hall–Kier alpha value is -2.48. The highest BCUT2D eigenvalue weighted by atomic mass is 35.5. The molecule has 0 bridgehead atoms. The molecular formula is C25H23ClN2O3S2. The first kappa shape index (κ1) is 22.3. The third-order valence-electron chi connectivity index (χ3n) is 6.63. The van der Waals surface area contributed by atoms with Gasteiger partial charge in [0.2, 0.25) is 11.8 Å². The second-order valence-corrected chi connectivity index (χ2v) is 11.1. The molecule has 170 valence electrons. The Morgan fingerprint density at radius 2 is 1.76 bits per heavy atom. The number of likely N-dealkylation sites (tertiary alicyclic amines) is 1. The lowest BCUT2D eigenvalue weighted by atomic mass is 9.78. The molecule has 1 aromatic carbocycles. The van der Waals surface area contributed by atoms with Crippen molar-refractivity contribution in [3.63, 3.8) is 0 Å². The summed E-state index contributed by atoms with van der Waals surface area (Å²) in [7, 11) is 0. The first-order valence-electron chi connectivity index (χ1n) is 10.9. The van der Waals surface area contributed by atoms with E-state index in [0.717, 1.165) is 28.8 Å². The monoisotopic (exact) mass is 498 g/mol. The number of nitrogens with zero attached hydrogens (tertiary/aromatic N) is 1. The summed E-state index contributed by atoms with van der Waals surface area (Å²) in [6, 6.07) is 11.3. The fraction of sp³-hybridized carbons (Fsp3) is 0.320. The third-order valence-corrected chi connectivity index (χ3v) is 8.86. The van der Waals surface area contributed by atoms with Gasteiger partial charge in [-0.1, -0.05) is 29.8 Å². The van der Waals surface area contributed by atoms with Gasteiger partial charge in [-0.2, -0.15) is 0 Å². The van der Waals surface area contributed by atoms with E-state index in [1.807, 2.05) is 41.9 Å². The van der Waals surface area contributed by atoms with Crippen LogP contribution in [0.3, 0.4) is 0 Å². The van der Waals surface area contributed by atoms with Crippen molar-refractivity contribution >= 4 is 51.9 Å². The fourth-order valence-corrected chi connectivity index (χ4v) is 6.89. The van der Waals surface area contributed by atoms with Gasteiger partial charge in [-0.25, -0.2) is 0 Å². The van der Waals surface area contributed by atoms with Crippen molar-refractivity contribution in [1.82, 2.24) is 4.90 Å². The number of hydrogen-bond donors (Lipinski definition) is 1. The number of nitrogens with two attached hydrogens (primary N) is 1. The fourth-order valence-electron chi connectivity index (χ4n) is 4.98. The quantitative estimate of drug-likeness (QED) is 0.474. The summed E-state index contributed by atoms with van der Waals surface area (Å²) in [6.07, 6.45) is 1.60. The van der Waals surface area contributed by atoms with Crippen molar-refractivity contribution in [2.24, 2.45) is 17.6 Å². The Morgan fingerprint density at radius 1 is 1.03 bits per heavy atom. The summed E-state index contributed by atoms with van der Waals surface area (Å²) in [5, 5.41) is 4.39. The highest BCUT2D eigenvalue weighted by molar-refractivity contribution is 7.12. The predicted octanol–water partition coefficient (Wildman–Crippen LogP) is 5.20. The van der Waals surface area contributed by atoms with E-state index in [4.69, 9.17) is 17.3 Å². The normalized spacial score (nSPS) is 24.7. The molecule has 4 unspecified atom stereocenters. The molecule has 33 heavy (non-hydrogen) atoms. The molecule has 1 aliphatic heterocycles. The van der Waals surface area contributed by atoms with Crippen LogP contribution < -0.4 is 5.73 Å². The largest absolute Gasteiger partial charge is 0.368 e. The number of rotatable bonds is 6. The minimum absolute atomic E-state index is 0.0694. The third kappa shape index (κ3) is 3.92. The van der Waals surface area contributed by atoms with E-state index in [2.05, 4.69) is 0 Å². The molecule has 0 radical (unpaired) electrons. The molecule has 4 atom stereocenters. The Balaban J connectivity index is 1.74. The highest BCUT2D eigenvalue weighted by Crippen LogP contribution is 2.54. The number of halogens is 1. The van der Waals surface area contributed by atoms with Crippen LogP contribution in [0.5, 0.6) is 0 Å². The number of carbonyl (C=O) groups excluding carboxylic acids is 3. The Kier molecular flexibility index (Phi) is 5.89. The van der Waals surface area contributed by atoms with Crippen molar-refractivity contribution in [2.45, 2.75) is 37.8 Å².